The topological polar surface area (TPSA) is 90.0 Å². The predicted molar refractivity (Wildman–Crippen MR) is 107 cm³/mol. The molecule has 2 aromatic heterocycles. The van der Waals surface area contributed by atoms with E-state index in [1.165, 1.54) is 23.5 Å². The number of benzene rings is 2. The highest BCUT2D eigenvalue weighted by Crippen LogP contribution is 2.31. The number of anilines is 1. The largest absolute Gasteiger partial charge is 0.366 e. The summed E-state index contributed by atoms with van der Waals surface area (Å²) in [5.74, 6) is -1.11. The summed E-state index contributed by atoms with van der Waals surface area (Å²) in [6.07, 6.45) is 0. The third kappa shape index (κ3) is 3.25. The van der Waals surface area contributed by atoms with Crippen molar-refractivity contribution in [2.45, 2.75) is 6.92 Å². The fourth-order valence-electron chi connectivity index (χ4n) is 2.83. The van der Waals surface area contributed by atoms with Gasteiger partial charge in [0.15, 0.2) is 0 Å². The minimum Gasteiger partial charge on any atom is -0.366 e. The smallest absolute Gasteiger partial charge is 0.265 e. The van der Waals surface area contributed by atoms with E-state index in [1.54, 1.807) is 47.1 Å². The first-order chi connectivity index (χ1) is 13.4. The van der Waals surface area contributed by atoms with Crippen molar-refractivity contribution in [3.8, 4) is 5.69 Å². The van der Waals surface area contributed by atoms with E-state index in [-0.39, 0.29) is 11.7 Å². The molecule has 2 amide bonds. The summed E-state index contributed by atoms with van der Waals surface area (Å²) >= 11 is 1.30. The van der Waals surface area contributed by atoms with Crippen LogP contribution in [0.2, 0.25) is 0 Å². The van der Waals surface area contributed by atoms with Crippen molar-refractivity contribution in [1.29, 1.82) is 0 Å². The highest BCUT2D eigenvalue weighted by Gasteiger charge is 2.17. The van der Waals surface area contributed by atoms with Gasteiger partial charge in [-0.2, -0.15) is 5.10 Å². The van der Waals surface area contributed by atoms with Crippen LogP contribution in [0.1, 0.15) is 25.7 Å². The van der Waals surface area contributed by atoms with Crippen LogP contribution >= 0.6 is 11.3 Å². The number of carbonyl (C=O) groups is 2. The van der Waals surface area contributed by atoms with Crippen molar-refractivity contribution in [3.05, 3.63) is 76.5 Å². The third-order valence-corrected chi connectivity index (χ3v) is 5.38. The number of primary amides is 1. The maximum atomic E-state index is 13.2. The number of hydrogen-bond acceptors (Lipinski definition) is 4. The third-order valence-electron chi connectivity index (χ3n) is 4.27. The van der Waals surface area contributed by atoms with Crippen LogP contribution in [0.3, 0.4) is 0 Å². The van der Waals surface area contributed by atoms with Crippen LogP contribution in [0.4, 0.5) is 10.1 Å². The quantitative estimate of drug-likeness (QED) is 0.550. The van der Waals surface area contributed by atoms with Crippen LogP contribution in [0.15, 0.2) is 54.6 Å². The van der Waals surface area contributed by atoms with Gasteiger partial charge in [0.1, 0.15) is 10.6 Å². The SMILES string of the molecule is Cc1nn(-c2ccc(F)cc2)c2sc(C(=O)Nc3ccc(C(N)=O)cc3)cc12. The molecule has 0 aliphatic heterocycles. The molecule has 0 aliphatic rings. The van der Waals surface area contributed by atoms with Crippen LogP contribution in [-0.4, -0.2) is 21.6 Å². The lowest BCUT2D eigenvalue weighted by molar-refractivity contribution is 0.0998. The van der Waals surface area contributed by atoms with Gasteiger partial charge in [0, 0.05) is 16.6 Å². The number of nitrogens with one attached hydrogen (secondary N) is 1. The second-order valence-corrected chi connectivity index (χ2v) is 7.23. The van der Waals surface area contributed by atoms with Crippen molar-refractivity contribution in [2.75, 3.05) is 5.32 Å². The van der Waals surface area contributed by atoms with E-state index in [0.29, 0.717) is 16.1 Å². The first-order valence-corrected chi connectivity index (χ1v) is 9.20. The lowest BCUT2D eigenvalue weighted by Crippen LogP contribution is -2.12. The van der Waals surface area contributed by atoms with Gasteiger partial charge in [-0.25, -0.2) is 9.07 Å². The molecule has 0 fully saturated rings. The molecule has 0 aliphatic carbocycles. The Hall–Kier alpha value is -3.52. The summed E-state index contributed by atoms with van der Waals surface area (Å²) in [5, 5.41) is 8.16. The van der Waals surface area contributed by atoms with Crippen molar-refractivity contribution in [3.63, 3.8) is 0 Å². The van der Waals surface area contributed by atoms with Crippen LogP contribution in [0.25, 0.3) is 15.9 Å². The fourth-order valence-corrected chi connectivity index (χ4v) is 3.91. The zero-order valence-electron chi connectivity index (χ0n) is 14.8. The average Bonchev–Trinajstić information content (AvgIpc) is 3.24. The summed E-state index contributed by atoms with van der Waals surface area (Å²) in [7, 11) is 0. The molecule has 0 unspecified atom stereocenters. The zero-order valence-corrected chi connectivity index (χ0v) is 15.6. The Morgan fingerprint density at radius 3 is 2.43 bits per heavy atom. The summed E-state index contributed by atoms with van der Waals surface area (Å²) < 4.78 is 14.9. The number of rotatable bonds is 4. The number of aromatic nitrogens is 2. The second-order valence-electron chi connectivity index (χ2n) is 6.20. The highest BCUT2D eigenvalue weighted by atomic mass is 32.1. The maximum absolute atomic E-state index is 13.2. The molecule has 2 heterocycles. The summed E-state index contributed by atoms with van der Waals surface area (Å²) in [6.45, 7) is 1.86. The van der Waals surface area contributed by atoms with E-state index in [1.807, 2.05) is 6.92 Å². The first kappa shape index (κ1) is 17.9. The molecule has 140 valence electrons. The standard InChI is InChI=1S/C20H15FN4O2S/c1-11-16-10-17(19(27)23-14-6-2-12(3-7-14)18(22)26)28-20(16)25(24-11)15-8-4-13(21)5-9-15/h2-10H,1H3,(H2,22,26)(H,23,27). The Kier molecular flexibility index (Phi) is 4.40. The van der Waals surface area contributed by atoms with E-state index in [2.05, 4.69) is 10.4 Å². The number of fused-ring (bicyclic) bond motifs is 1. The van der Waals surface area contributed by atoms with Gasteiger partial charge in [-0.15, -0.1) is 11.3 Å². The van der Waals surface area contributed by atoms with Crippen molar-refractivity contribution in [2.24, 2.45) is 5.73 Å². The normalized spacial score (nSPS) is 10.9. The molecule has 8 heteroatoms. The van der Waals surface area contributed by atoms with Crippen molar-refractivity contribution in [1.82, 2.24) is 9.78 Å². The Bertz CT molecular complexity index is 1190. The van der Waals surface area contributed by atoms with Crippen molar-refractivity contribution >= 4 is 39.1 Å². The second kappa shape index (κ2) is 6.90. The van der Waals surface area contributed by atoms with Gasteiger partial charge in [-0.1, -0.05) is 0 Å². The molecule has 0 bridgehead atoms. The van der Waals surface area contributed by atoms with E-state index < -0.39 is 5.91 Å². The van der Waals surface area contributed by atoms with Gasteiger partial charge >= 0.3 is 0 Å². The molecule has 0 atom stereocenters. The Morgan fingerprint density at radius 1 is 1.11 bits per heavy atom. The molecule has 0 saturated carbocycles. The molecule has 0 saturated heterocycles. The fraction of sp³-hybridized carbons (Fsp3) is 0.0500. The molecule has 3 N–H and O–H groups in total. The van der Waals surface area contributed by atoms with Gasteiger partial charge < -0.3 is 11.1 Å². The molecular weight excluding hydrogens is 379 g/mol. The summed E-state index contributed by atoms with van der Waals surface area (Å²) in [4.78, 5) is 25.1. The van der Waals surface area contributed by atoms with Crippen molar-refractivity contribution < 1.29 is 14.0 Å². The molecule has 4 aromatic rings. The van der Waals surface area contributed by atoms with E-state index in [0.717, 1.165) is 21.6 Å². The van der Waals surface area contributed by atoms with Crippen LogP contribution in [-0.2, 0) is 0 Å². The van der Waals surface area contributed by atoms with Gasteiger partial charge in [0.05, 0.1) is 16.3 Å². The van der Waals surface area contributed by atoms with Gasteiger partial charge in [-0.3, -0.25) is 9.59 Å². The summed E-state index contributed by atoms with van der Waals surface area (Å²) in [6, 6.07) is 14.2. The molecular formula is C20H15FN4O2S. The number of aryl methyl sites for hydroxylation is 1. The Morgan fingerprint density at radius 2 is 1.79 bits per heavy atom. The number of nitrogens with two attached hydrogens (primary N) is 1. The van der Waals surface area contributed by atoms with E-state index in [4.69, 9.17) is 5.73 Å². The number of carbonyl (C=O) groups excluding carboxylic acids is 2. The predicted octanol–water partition coefficient (Wildman–Crippen LogP) is 3.89. The summed E-state index contributed by atoms with van der Waals surface area (Å²) in [5.41, 5.74) is 7.64. The van der Waals surface area contributed by atoms with Gasteiger partial charge in [0.2, 0.25) is 5.91 Å². The number of amides is 2. The van der Waals surface area contributed by atoms with Crippen LogP contribution < -0.4 is 11.1 Å². The monoisotopic (exact) mass is 394 g/mol. The average molecular weight is 394 g/mol. The number of hydrogen-bond donors (Lipinski definition) is 2. The maximum Gasteiger partial charge on any atom is 0.265 e. The molecule has 0 radical (unpaired) electrons. The lowest BCUT2D eigenvalue weighted by Gasteiger charge is -2.04. The van der Waals surface area contributed by atoms with E-state index >= 15 is 0 Å². The number of thiophene rings is 1. The minimum absolute atomic E-state index is 0.266. The molecule has 2 aromatic carbocycles. The molecule has 4 rings (SSSR count). The molecule has 6 nitrogen and oxygen atoms in total. The van der Waals surface area contributed by atoms with Crippen LogP contribution in [0.5, 0.6) is 0 Å². The molecule has 0 spiro atoms. The van der Waals surface area contributed by atoms with E-state index in [9.17, 15) is 14.0 Å². The lowest BCUT2D eigenvalue weighted by atomic mass is 10.2. The number of nitrogens with zero attached hydrogens (tertiary/aromatic N) is 2. The first-order valence-electron chi connectivity index (χ1n) is 8.39. The number of halogens is 1. The highest BCUT2D eigenvalue weighted by molar-refractivity contribution is 7.20. The zero-order chi connectivity index (χ0) is 19.8. The Balaban J connectivity index is 1.64. The molecule has 28 heavy (non-hydrogen) atoms. The Labute approximate surface area is 163 Å². The van der Waals surface area contributed by atoms with Gasteiger partial charge in [-0.05, 0) is 61.5 Å². The minimum atomic E-state index is -0.525. The van der Waals surface area contributed by atoms with Gasteiger partial charge in [0.25, 0.3) is 5.91 Å². The van der Waals surface area contributed by atoms with Crippen LogP contribution in [0, 0.1) is 12.7 Å².